The second-order valence-corrected chi connectivity index (χ2v) is 25.4. The van der Waals surface area contributed by atoms with Crippen molar-refractivity contribution in [3.63, 3.8) is 0 Å². The first-order chi connectivity index (χ1) is 24.9. The van der Waals surface area contributed by atoms with Crippen LogP contribution in [0.4, 0.5) is 4.39 Å². The number of fused-ring (bicyclic) bond motifs is 4. The quantitative estimate of drug-likeness (QED) is 0.0944. The second kappa shape index (κ2) is 15.5. The Bertz CT molecular complexity index is 2550. The Balaban J connectivity index is 0.000000199. The van der Waals surface area contributed by atoms with Crippen molar-refractivity contribution in [2.24, 2.45) is 5.92 Å². The molecule has 0 fully saturated rings. The third-order valence-corrected chi connectivity index (χ3v) is 13.4. The summed E-state index contributed by atoms with van der Waals surface area (Å²) in [5.41, 5.74) is 10.8. The van der Waals surface area contributed by atoms with Crippen molar-refractivity contribution in [1.29, 1.82) is 0 Å². The molecular weight excluding hydrogens is 898 g/mol. The van der Waals surface area contributed by atoms with E-state index in [4.69, 9.17) is 14.4 Å². The van der Waals surface area contributed by atoms with Crippen molar-refractivity contribution in [3.8, 4) is 28.3 Å². The van der Waals surface area contributed by atoms with E-state index in [1.54, 1.807) is 10.5 Å². The molecule has 0 unspecified atom stereocenters. The minimum Gasteiger partial charge on any atom is -0.486 e. The van der Waals surface area contributed by atoms with Crippen LogP contribution in [0.15, 0.2) is 95.5 Å². The number of aromatic nitrogens is 5. The van der Waals surface area contributed by atoms with E-state index in [9.17, 15) is 4.39 Å². The Morgan fingerprint density at radius 2 is 1.60 bits per heavy atom. The zero-order valence-corrected chi connectivity index (χ0v) is 35.8. The van der Waals surface area contributed by atoms with Crippen LogP contribution < -0.4 is 4.40 Å². The van der Waals surface area contributed by atoms with E-state index < -0.39 is 19.2 Å². The largest absolute Gasteiger partial charge is 0.486 e. The van der Waals surface area contributed by atoms with Gasteiger partial charge in [-0.25, -0.2) is 0 Å². The molecule has 5 heterocycles. The Kier molecular flexibility index (Phi) is 11.2. The van der Waals surface area contributed by atoms with Crippen molar-refractivity contribution >= 4 is 50.8 Å². The number of hydrogen-bond donors (Lipinski definition) is 0. The molecule has 0 N–H and O–H groups in total. The zero-order valence-electron chi connectivity index (χ0n) is 31.3. The summed E-state index contributed by atoms with van der Waals surface area (Å²) in [6, 6.07) is 34.0. The fourth-order valence-corrected chi connectivity index (χ4v) is 10.2. The van der Waals surface area contributed by atoms with Crippen LogP contribution in [0.3, 0.4) is 0 Å². The Morgan fingerprint density at radius 3 is 2.30 bits per heavy atom. The maximum Gasteiger partial charge on any atom is 0.218 e. The molecule has 0 atom stereocenters. The molecule has 0 bridgehead atoms. The molecule has 3 aromatic carbocycles. The summed E-state index contributed by atoms with van der Waals surface area (Å²) in [5, 5.41) is 1.66. The molecule has 0 saturated heterocycles. The van der Waals surface area contributed by atoms with Gasteiger partial charge in [-0.15, -0.1) is 17.7 Å². The Morgan fingerprint density at radius 1 is 0.868 bits per heavy atom. The number of aryl methyl sites for hydroxylation is 3. The number of furan rings is 1. The molecule has 8 aromatic rings. The number of imidazole rings is 1. The molecule has 0 saturated carbocycles. The summed E-state index contributed by atoms with van der Waals surface area (Å²) >= 11 is -1.86. The summed E-state index contributed by atoms with van der Waals surface area (Å²) in [4.78, 5) is 18.1. The number of hydrogen-bond acceptors (Lipinski definition) is 5. The van der Waals surface area contributed by atoms with Gasteiger partial charge in [-0.05, 0) is 50.2 Å². The van der Waals surface area contributed by atoms with E-state index in [2.05, 4.69) is 76.1 Å². The standard InChI is InChI=1S/C26H18FN4O.C18H24GeN.Ir/c1-14-8-9-19(24-23(14)18-10-11-22(27)30-26(18)32-24)25-29-20-6-4-5-7-21(20)31(25)17-12-15(2)28-16(3)13-17;1-14(2)11-16-12-18(15-9-7-6-8-10-15)20-13-17(16)19(3,4)5;/h4-8,10-13H,1-3H3;6-9,12-14H,11H2,1-5H3;/q2*-1;. The normalized spacial score (nSPS) is 11.6. The topological polar surface area (TPSA) is 69.6 Å². The zero-order chi connectivity index (χ0) is 36.7. The SMILES string of the molecule is CC(C)Cc1cc(-c2[c-]cccc2)nc[c]1[Ge]([CH3])([CH3])[CH3].Cc1cc(-n2c(-c3[c-]cc(C)c4c3oc3nc(F)ccc34)nc3ccccc32)cc(C)n1.[Ir]. The van der Waals surface area contributed by atoms with Crippen LogP contribution in [0.5, 0.6) is 0 Å². The van der Waals surface area contributed by atoms with Crippen molar-refractivity contribution in [2.45, 2.75) is 58.3 Å². The van der Waals surface area contributed by atoms with E-state index in [0.29, 0.717) is 22.9 Å². The molecule has 0 aliphatic carbocycles. The van der Waals surface area contributed by atoms with Gasteiger partial charge in [0.25, 0.3) is 0 Å². The van der Waals surface area contributed by atoms with Crippen LogP contribution in [0.2, 0.25) is 17.3 Å². The Hall–Kier alpha value is -4.50. The van der Waals surface area contributed by atoms with Crippen LogP contribution in [0.1, 0.15) is 36.4 Å². The maximum atomic E-state index is 13.8. The number of halogens is 1. The van der Waals surface area contributed by atoms with Crippen molar-refractivity contribution in [3.05, 3.63) is 132 Å². The molecule has 0 aliphatic heterocycles. The van der Waals surface area contributed by atoms with E-state index in [-0.39, 0.29) is 25.8 Å². The Labute approximate surface area is 326 Å². The first-order valence-electron chi connectivity index (χ1n) is 17.7. The van der Waals surface area contributed by atoms with Gasteiger partial charge in [0.05, 0.1) is 22.4 Å². The van der Waals surface area contributed by atoms with Gasteiger partial charge in [-0.3, -0.25) is 9.97 Å². The summed E-state index contributed by atoms with van der Waals surface area (Å²) in [6.45, 7) is 10.5. The smallest absolute Gasteiger partial charge is 0.218 e. The third kappa shape index (κ3) is 7.91. The van der Waals surface area contributed by atoms with Crippen LogP contribution in [-0.4, -0.2) is 37.8 Å². The number of nitrogens with zero attached hydrogens (tertiary/aromatic N) is 5. The molecule has 6 nitrogen and oxygen atoms in total. The van der Waals surface area contributed by atoms with Gasteiger partial charge in [0, 0.05) is 42.6 Å². The van der Waals surface area contributed by atoms with Gasteiger partial charge in [0.1, 0.15) is 0 Å². The van der Waals surface area contributed by atoms with Gasteiger partial charge in [-0.2, -0.15) is 9.37 Å². The minimum absolute atomic E-state index is 0. The second-order valence-electron chi connectivity index (χ2n) is 14.9. The molecule has 0 amide bonds. The fourth-order valence-electron chi connectivity index (χ4n) is 6.89. The van der Waals surface area contributed by atoms with Crippen molar-refractivity contribution in [2.75, 3.05) is 0 Å². The number of para-hydroxylation sites is 2. The summed E-state index contributed by atoms with van der Waals surface area (Å²) in [7, 11) is 0. The minimum atomic E-state index is -1.86. The van der Waals surface area contributed by atoms with Crippen LogP contribution in [0.25, 0.3) is 61.4 Å². The average molecular weight is 941 g/mol. The van der Waals surface area contributed by atoms with Crippen LogP contribution in [-0.2, 0) is 26.5 Å². The van der Waals surface area contributed by atoms with Gasteiger partial charge in [0.2, 0.25) is 11.7 Å². The third-order valence-electron chi connectivity index (χ3n) is 9.10. The molecule has 271 valence electrons. The molecule has 1 radical (unpaired) electrons. The van der Waals surface area contributed by atoms with Crippen molar-refractivity contribution < 1.29 is 28.9 Å². The summed E-state index contributed by atoms with van der Waals surface area (Å²) in [5.74, 6) is 8.11. The predicted molar refractivity (Wildman–Crippen MR) is 212 cm³/mol. The maximum absolute atomic E-state index is 13.8. The fraction of sp³-hybridized carbons (Fsp3) is 0.227. The summed E-state index contributed by atoms with van der Waals surface area (Å²) in [6.07, 6.45) is 3.27. The predicted octanol–water partition coefficient (Wildman–Crippen LogP) is 10.5. The first kappa shape index (κ1) is 38.2. The van der Waals surface area contributed by atoms with E-state index in [0.717, 1.165) is 62.1 Å². The van der Waals surface area contributed by atoms with Gasteiger partial charge in [-0.1, -0.05) is 30.0 Å². The van der Waals surface area contributed by atoms with Crippen LogP contribution >= 0.6 is 0 Å². The number of rotatable bonds is 6. The van der Waals surface area contributed by atoms with Crippen molar-refractivity contribution in [1.82, 2.24) is 24.5 Å². The number of benzene rings is 3. The summed E-state index contributed by atoms with van der Waals surface area (Å²) < 4.78 is 23.5. The van der Waals surface area contributed by atoms with Gasteiger partial charge < -0.3 is 8.98 Å². The molecule has 0 spiro atoms. The van der Waals surface area contributed by atoms with E-state index in [1.807, 2.05) is 81.4 Å². The molecule has 9 heteroatoms. The van der Waals surface area contributed by atoms with Crippen LogP contribution in [0, 0.1) is 44.8 Å². The molecule has 5 aromatic heterocycles. The average Bonchev–Trinajstić information content (AvgIpc) is 3.67. The van der Waals surface area contributed by atoms with Gasteiger partial charge in [0.15, 0.2) is 0 Å². The first-order valence-corrected chi connectivity index (χ1v) is 25.0. The van der Waals surface area contributed by atoms with E-state index >= 15 is 0 Å². The monoisotopic (exact) mass is 942 g/mol. The van der Waals surface area contributed by atoms with E-state index in [1.165, 1.54) is 11.6 Å². The van der Waals surface area contributed by atoms with Gasteiger partial charge >= 0.3 is 126 Å². The number of pyridine rings is 3. The molecule has 8 rings (SSSR count). The molecule has 0 aliphatic rings. The molecular formula is C44H42FGeIrN5O-2. The molecule has 53 heavy (non-hydrogen) atoms.